The number of amides is 1. The first-order valence-electron chi connectivity index (χ1n) is 9.25. The number of rotatable bonds is 3. The first-order valence-corrected chi connectivity index (χ1v) is 9.79. The van der Waals surface area contributed by atoms with E-state index < -0.39 is 0 Å². The SMILES string of the molecule is O=C(CCl)N1N=C2/C(=C/c3ccc(F)cc3)CCC[C@H]2[C@@H]1c1ccc(F)cc1. The van der Waals surface area contributed by atoms with Gasteiger partial charge in [0.05, 0.1) is 11.8 Å². The molecular formula is C22H19ClF2N2O. The van der Waals surface area contributed by atoms with Gasteiger partial charge in [0.15, 0.2) is 0 Å². The maximum Gasteiger partial charge on any atom is 0.258 e. The summed E-state index contributed by atoms with van der Waals surface area (Å²) >= 11 is 5.82. The minimum atomic E-state index is -0.321. The zero-order valence-electron chi connectivity index (χ0n) is 15.1. The van der Waals surface area contributed by atoms with Crippen molar-refractivity contribution in [2.75, 3.05) is 5.88 Å². The summed E-state index contributed by atoms with van der Waals surface area (Å²) in [7, 11) is 0. The largest absolute Gasteiger partial charge is 0.272 e. The van der Waals surface area contributed by atoms with Gasteiger partial charge < -0.3 is 0 Å². The number of fused-ring (bicyclic) bond motifs is 1. The highest BCUT2D eigenvalue weighted by molar-refractivity contribution is 6.27. The molecule has 0 spiro atoms. The van der Waals surface area contributed by atoms with Crippen molar-refractivity contribution < 1.29 is 13.6 Å². The summed E-state index contributed by atoms with van der Waals surface area (Å²) in [6.07, 6.45) is 4.68. The molecule has 2 aromatic rings. The molecule has 144 valence electrons. The van der Waals surface area contributed by atoms with E-state index in [4.69, 9.17) is 11.6 Å². The Bertz CT molecular complexity index is 938. The lowest BCUT2D eigenvalue weighted by Crippen LogP contribution is -2.32. The van der Waals surface area contributed by atoms with Crippen LogP contribution in [0, 0.1) is 17.6 Å². The lowest BCUT2D eigenvalue weighted by Gasteiger charge is -2.29. The van der Waals surface area contributed by atoms with Gasteiger partial charge in [-0.15, -0.1) is 11.6 Å². The summed E-state index contributed by atoms with van der Waals surface area (Å²) in [5.41, 5.74) is 3.63. The van der Waals surface area contributed by atoms with E-state index in [-0.39, 0.29) is 35.4 Å². The van der Waals surface area contributed by atoms with Crippen molar-refractivity contribution in [3.05, 3.63) is 76.9 Å². The van der Waals surface area contributed by atoms with Crippen LogP contribution in [0.1, 0.15) is 36.4 Å². The number of nitrogens with zero attached hydrogens (tertiary/aromatic N) is 2. The maximum atomic E-state index is 13.4. The Labute approximate surface area is 167 Å². The topological polar surface area (TPSA) is 32.7 Å². The van der Waals surface area contributed by atoms with Crippen LogP contribution in [0.4, 0.5) is 8.78 Å². The highest BCUT2D eigenvalue weighted by Crippen LogP contribution is 2.44. The first-order chi connectivity index (χ1) is 13.6. The average molecular weight is 401 g/mol. The molecular weight excluding hydrogens is 382 g/mol. The molecule has 1 fully saturated rings. The van der Waals surface area contributed by atoms with Crippen molar-refractivity contribution in [1.82, 2.24) is 5.01 Å². The highest BCUT2D eigenvalue weighted by Gasteiger charge is 2.43. The lowest BCUT2D eigenvalue weighted by atomic mass is 9.77. The number of carbonyl (C=O) groups is 1. The predicted octanol–water partition coefficient (Wildman–Crippen LogP) is 5.33. The molecule has 2 aromatic carbocycles. The summed E-state index contributed by atoms with van der Waals surface area (Å²) in [5, 5.41) is 6.08. The Morgan fingerprint density at radius 1 is 1.11 bits per heavy atom. The molecule has 28 heavy (non-hydrogen) atoms. The standard InChI is InChI=1S/C22H19ClF2N2O/c23-13-20(28)27-22(15-6-10-18(25)11-7-15)19-3-1-2-16(21(19)26-27)12-14-4-8-17(24)9-5-14/h4-12,19,22H,1-3,13H2/b16-12+/t19-,22+/m1/s1. The van der Waals surface area contributed by atoms with Gasteiger partial charge in [-0.05, 0) is 66.3 Å². The molecule has 0 radical (unpaired) electrons. The molecule has 0 bridgehead atoms. The Hall–Kier alpha value is -2.53. The van der Waals surface area contributed by atoms with E-state index >= 15 is 0 Å². The Morgan fingerprint density at radius 3 is 2.39 bits per heavy atom. The predicted molar refractivity (Wildman–Crippen MR) is 106 cm³/mol. The van der Waals surface area contributed by atoms with E-state index in [1.54, 1.807) is 24.3 Å². The molecule has 2 aliphatic rings. The van der Waals surface area contributed by atoms with Crippen LogP contribution in [0.2, 0.25) is 0 Å². The van der Waals surface area contributed by atoms with Crippen molar-refractivity contribution >= 4 is 29.3 Å². The summed E-state index contributed by atoms with van der Waals surface area (Å²) < 4.78 is 26.6. The number of halogens is 3. The van der Waals surface area contributed by atoms with Gasteiger partial charge >= 0.3 is 0 Å². The van der Waals surface area contributed by atoms with Gasteiger partial charge in [0, 0.05) is 5.92 Å². The molecule has 6 heteroatoms. The third-order valence-electron chi connectivity index (χ3n) is 5.29. The first kappa shape index (κ1) is 18.8. The van der Waals surface area contributed by atoms with E-state index in [1.165, 1.54) is 29.3 Å². The minimum Gasteiger partial charge on any atom is -0.272 e. The van der Waals surface area contributed by atoms with Crippen molar-refractivity contribution in [2.24, 2.45) is 11.0 Å². The summed E-state index contributed by atoms with van der Waals surface area (Å²) in [5.74, 6) is -1.02. The maximum absolute atomic E-state index is 13.4. The van der Waals surface area contributed by atoms with Gasteiger partial charge in [-0.1, -0.05) is 24.3 Å². The quantitative estimate of drug-likeness (QED) is 0.641. The Morgan fingerprint density at radius 2 is 1.75 bits per heavy atom. The van der Waals surface area contributed by atoms with E-state index in [1.807, 2.05) is 6.08 Å². The Kier molecular flexibility index (Phi) is 5.27. The van der Waals surface area contributed by atoms with Crippen LogP contribution in [0.25, 0.3) is 6.08 Å². The van der Waals surface area contributed by atoms with Crippen molar-refractivity contribution in [3.63, 3.8) is 0 Å². The fourth-order valence-electron chi connectivity index (χ4n) is 4.02. The highest BCUT2D eigenvalue weighted by atomic mass is 35.5. The van der Waals surface area contributed by atoms with E-state index in [2.05, 4.69) is 5.10 Å². The summed E-state index contributed by atoms with van der Waals surface area (Å²) in [6, 6.07) is 12.2. The molecule has 0 aromatic heterocycles. The zero-order chi connectivity index (χ0) is 19.7. The van der Waals surface area contributed by atoms with Crippen LogP contribution in [-0.4, -0.2) is 22.5 Å². The van der Waals surface area contributed by atoms with Gasteiger partial charge in [-0.2, -0.15) is 5.10 Å². The molecule has 0 unspecified atom stereocenters. The lowest BCUT2D eigenvalue weighted by molar-refractivity contribution is -0.130. The third kappa shape index (κ3) is 3.59. The molecule has 0 N–H and O–H groups in total. The van der Waals surface area contributed by atoms with Gasteiger partial charge in [-0.3, -0.25) is 4.79 Å². The molecule has 0 saturated heterocycles. The van der Waals surface area contributed by atoms with Crippen LogP contribution in [0.3, 0.4) is 0 Å². The fourth-order valence-corrected chi connectivity index (χ4v) is 4.14. The van der Waals surface area contributed by atoms with Crippen LogP contribution in [0.5, 0.6) is 0 Å². The molecule has 1 aliphatic carbocycles. The smallest absolute Gasteiger partial charge is 0.258 e. The second kappa shape index (κ2) is 7.84. The van der Waals surface area contributed by atoms with E-state index in [0.717, 1.165) is 41.7 Å². The fraction of sp³-hybridized carbons (Fsp3) is 0.273. The number of alkyl halides is 1. The second-order valence-electron chi connectivity index (χ2n) is 7.07. The number of benzene rings is 2. The molecule has 4 rings (SSSR count). The molecule has 1 amide bonds. The van der Waals surface area contributed by atoms with Crippen molar-refractivity contribution in [1.29, 1.82) is 0 Å². The van der Waals surface area contributed by atoms with Gasteiger partial charge in [0.2, 0.25) is 0 Å². The van der Waals surface area contributed by atoms with Gasteiger partial charge in [0.1, 0.15) is 17.5 Å². The van der Waals surface area contributed by atoms with Crippen LogP contribution >= 0.6 is 11.6 Å². The van der Waals surface area contributed by atoms with Gasteiger partial charge in [0.25, 0.3) is 5.91 Å². The van der Waals surface area contributed by atoms with E-state index in [9.17, 15) is 13.6 Å². The Balaban J connectivity index is 1.73. The number of carbonyl (C=O) groups excluding carboxylic acids is 1. The number of hydrogen-bond acceptors (Lipinski definition) is 2. The van der Waals surface area contributed by atoms with E-state index in [0.29, 0.717) is 0 Å². The summed E-state index contributed by atoms with van der Waals surface area (Å²) in [6.45, 7) is 0. The van der Waals surface area contributed by atoms with Crippen molar-refractivity contribution in [2.45, 2.75) is 25.3 Å². The molecule has 3 nitrogen and oxygen atoms in total. The normalized spacial score (nSPS) is 22.9. The van der Waals surface area contributed by atoms with Crippen molar-refractivity contribution in [3.8, 4) is 0 Å². The minimum absolute atomic E-state index is 0.0260. The molecule has 1 saturated carbocycles. The number of hydrazone groups is 1. The molecule has 1 heterocycles. The summed E-state index contributed by atoms with van der Waals surface area (Å²) in [4.78, 5) is 12.5. The number of allylic oxidation sites excluding steroid dienone is 1. The second-order valence-corrected chi connectivity index (χ2v) is 7.34. The monoisotopic (exact) mass is 400 g/mol. The van der Waals surface area contributed by atoms with Gasteiger partial charge in [-0.25, -0.2) is 13.8 Å². The van der Waals surface area contributed by atoms with Crippen LogP contribution < -0.4 is 0 Å². The van der Waals surface area contributed by atoms with Crippen LogP contribution in [0.15, 0.2) is 59.2 Å². The molecule has 2 atom stereocenters. The zero-order valence-corrected chi connectivity index (χ0v) is 15.9. The number of hydrogen-bond donors (Lipinski definition) is 0. The third-order valence-corrected chi connectivity index (χ3v) is 5.52. The average Bonchev–Trinajstić information content (AvgIpc) is 3.10. The van der Waals surface area contributed by atoms with Crippen LogP contribution in [-0.2, 0) is 4.79 Å². The molecule has 1 aliphatic heterocycles.